The second-order valence-corrected chi connectivity index (χ2v) is 4.68. The Morgan fingerprint density at radius 1 is 1.30 bits per heavy atom. The maximum atomic E-state index is 12.9. The van der Waals surface area contributed by atoms with E-state index in [4.69, 9.17) is 0 Å². The topological polar surface area (TPSA) is 55.4 Å². The number of esters is 1. The van der Waals surface area contributed by atoms with Gasteiger partial charge in [-0.15, -0.1) is 0 Å². The fourth-order valence-electron chi connectivity index (χ4n) is 1.75. The van der Waals surface area contributed by atoms with Gasteiger partial charge in [0.1, 0.15) is 5.82 Å². The summed E-state index contributed by atoms with van der Waals surface area (Å²) in [7, 11) is 1.28. The molecule has 4 nitrogen and oxygen atoms in total. The fourth-order valence-corrected chi connectivity index (χ4v) is 1.75. The van der Waals surface area contributed by atoms with Crippen LogP contribution in [0.3, 0.4) is 0 Å². The van der Waals surface area contributed by atoms with Gasteiger partial charge in [0.15, 0.2) is 5.78 Å². The van der Waals surface area contributed by atoms with Crippen LogP contribution in [-0.2, 0) is 9.53 Å². The van der Waals surface area contributed by atoms with Crippen molar-refractivity contribution in [3.05, 3.63) is 35.6 Å². The number of hydrogen-bond donors (Lipinski definition) is 1. The summed E-state index contributed by atoms with van der Waals surface area (Å²) in [4.78, 5) is 23.8. The van der Waals surface area contributed by atoms with E-state index in [-0.39, 0.29) is 18.2 Å². The Bertz CT molecular complexity index is 459. The molecule has 2 unspecified atom stereocenters. The number of ether oxygens (including phenoxy) is 1. The Morgan fingerprint density at radius 3 is 2.40 bits per heavy atom. The van der Waals surface area contributed by atoms with Crippen LogP contribution in [0.5, 0.6) is 0 Å². The van der Waals surface area contributed by atoms with Crippen molar-refractivity contribution in [1.29, 1.82) is 0 Å². The van der Waals surface area contributed by atoms with Crippen molar-refractivity contribution in [2.24, 2.45) is 0 Å². The van der Waals surface area contributed by atoms with E-state index in [2.05, 4.69) is 10.1 Å². The molecule has 1 aromatic rings. The molecule has 0 radical (unpaired) electrons. The summed E-state index contributed by atoms with van der Waals surface area (Å²) in [6.45, 7) is 3.91. The van der Waals surface area contributed by atoms with Crippen LogP contribution in [0.25, 0.3) is 0 Å². The zero-order chi connectivity index (χ0) is 15.1. The van der Waals surface area contributed by atoms with Crippen LogP contribution < -0.4 is 5.32 Å². The van der Waals surface area contributed by atoms with E-state index < -0.39 is 17.8 Å². The summed E-state index contributed by atoms with van der Waals surface area (Å²) < 4.78 is 17.5. The summed E-state index contributed by atoms with van der Waals surface area (Å²) in [6.07, 6.45) is 0.783. The van der Waals surface area contributed by atoms with E-state index in [9.17, 15) is 14.0 Å². The second-order valence-electron chi connectivity index (χ2n) is 4.68. The number of halogens is 1. The molecule has 0 fully saturated rings. The molecule has 0 saturated heterocycles. The lowest BCUT2D eigenvalue weighted by molar-refractivity contribution is -0.141. The summed E-state index contributed by atoms with van der Waals surface area (Å²) in [5.74, 6) is -1.10. The molecule has 0 saturated carbocycles. The molecule has 0 heterocycles. The fraction of sp³-hybridized carbons (Fsp3) is 0.467. The van der Waals surface area contributed by atoms with Crippen LogP contribution in [0.1, 0.15) is 37.0 Å². The number of hydrogen-bond acceptors (Lipinski definition) is 4. The first-order valence-corrected chi connectivity index (χ1v) is 6.60. The van der Waals surface area contributed by atoms with E-state index in [1.54, 1.807) is 0 Å². The Labute approximate surface area is 118 Å². The normalized spacial score (nSPS) is 13.6. The van der Waals surface area contributed by atoms with E-state index >= 15 is 0 Å². The Hall–Kier alpha value is -1.75. The van der Waals surface area contributed by atoms with Crippen LogP contribution in [0, 0.1) is 5.82 Å². The third kappa shape index (κ3) is 4.74. The predicted octanol–water partition coefficient (Wildman–Crippen LogP) is 2.33. The Balaban J connectivity index is 2.87. The molecular formula is C15H20FNO3. The predicted molar refractivity (Wildman–Crippen MR) is 74.0 cm³/mol. The largest absolute Gasteiger partial charge is 0.469 e. The molecule has 1 rings (SSSR count). The average Bonchev–Trinajstić information content (AvgIpc) is 2.46. The average molecular weight is 281 g/mol. The molecule has 0 bridgehead atoms. The van der Waals surface area contributed by atoms with Crippen molar-refractivity contribution in [3.8, 4) is 0 Å². The SMILES string of the molecule is CCC(C)NC(CC(=O)OC)C(=O)c1ccc(F)cc1. The quantitative estimate of drug-likeness (QED) is 0.615. The minimum absolute atomic E-state index is 0.0446. The van der Waals surface area contributed by atoms with Crippen LogP contribution in [0.4, 0.5) is 4.39 Å². The standard InChI is InChI=1S/C15H20FNO3/c1-4-10(2)17-13(9-14(18)20-3)15(19)11-5-7-12(16)8-6-11/h5-8,10,13,17H,4,9H2,1-3H3. The molecule has 5 heteroatoms. The van der Waals surface area contributed by atoms with Crippen molar-refractivity contribution < 1.29 is 18.7 Å². The van der Waals surface area contributed by atoms with Gasteiger partial charge in [-0.05, 0) is 37.6 Å². The lowest BCUT2D eigenvalue weighted by atomic mass is 10.0. The number of carbonyl (C=O) groups excluding carboxylic acids is 2. The maximum Gasteiger partial charge on any atom is 0.307 e. The molecule has 0 aromatic heterocycles. The number of Topliss-reactive ketones (excluding diaryl/α,β-unsaturated/α-hetero) is 1. The molecule has 0 spiro atoms. The summed E-state index contributed by atoms with van der Waals surface area (Å²) in [5, 5.41) is 3.10. The molecule has 0 aliphatic rings. The highest BCUT2D eigenvalue weighted by Crippen LogP contribution is 2.10. The zero-order valence-corrected chi connectivity index (χ0v) is 12.0. The molecule has 1 N–H and O–H groups in total. The summed E-state index contributed by atoms with van der Waals surface area (Å²) in [6, 6.07) is 4.72. The van der Waals surface area contributed by atoms with Gasteiger partial charge in [-0.2, -0.15) is 0 Å². The molecular weight excluding hydrogens is 261 g/mol. The van der Waals surface area contributed by atoms with Crippen molar-refractivity contribution >= 4 is 11.8 Å². The van der Waals surface area contributed by atoms with Crippen molar-refractivity contribution in [1.82, 2.24) is 5.32 Å². The first kappa shape index (κ1) is 16.3. The molecule has 0 aliphatic heterocycles. The van der Waals surface area contributed by atoms with Gasteiger partial charge in [-0.1, -0.05) is 6.92 Å². The van der Waals surface area contributed by atoms with Crippen molar-refractivity contribution in [3.63, 3.8) is 0 Å². The highest BCUT2D eigenvalue weighted by Gasteiger charge is 2.24. The third-order valence-electron chi connectivity index (χ3n) is 3.14. The lowest BCUT2D eigenvalue weighted by Gasteiger charge is -2.20. The first-order chi connectivity index (χ1) is 9.47. The maximum absolute atomic E-state index is 12.9. The third-order valence-corrected chi connectivity index (χ3v) is 3.14. The smallest absolute Gasteiger partial charge is 0.307 e. The van der Waals surface area contributed by atoms with Gasteiger partial charge in [0.25, 0.3) is 0 Å². The zero-order valence-electron chi connectivity index (χ0n) is 12.0. The molecule has 110 valence electrons. The van der Waals surface area contributed by atoms with Crippen molar-refractivity contribution in [2.45, 2.75) is 38.8 Å². The Morgan fingerprint density at radius 2 is 1.90 bits per heavy atom. The summed E-state index contributed by atoms with van der Waals surface area (Å²) >= 11 is 0. The molecule has 2 atom stereocenters. The molecule has 0 aliphatic carbocycles. The number of carbonyl (C=O) groups is 2. The van der Waals surface area contributed by atoms with Crippen LogP contribution in [0.15, 0.2) is 24.3 Å². The molecule has 20 heavy (non-hydrogen) atoms. The number of benzene rings is 1. The second kappa shape index (κ2) is 7.75. The monoisotopic (exact) mass is 281 g/mol. The van der Waals surface area contributed by atoms with Gasteiger partial charge in [-0.25, -0.2) is 4.39 Å². The van der Waals surface area contributed by atoms with Gasteiger partial charge in [0.05, 0.1) is 19.6 Å². The van der Waals surface area contributed by atoms with Crippen LogP contribution in [0.2, 0.25) is 0 Å². The van der Waals surface area contributed by atoms with Gasteiger partial charge in [0.2, 0.25) is 0 Å². The minimum Gasteiger partial charge on any atom is -0.469 e. The number of rotatable bonds is 7. The van der Waals surface area contributed by atoms with Gasteiger partial charge in [-0.3, -0.25) is 9.59 Å². The number of nitrogens with one attached hydrogen (secondary N) is 1. The summed E-state index contributed by atoms with van der Waals surface area (Å²) in [5.41, 5.74) is 0.371. The number of ketones is 1. The Kier molecular flexibility index (Phi) is 6.31. The van der Waals surface area contributed by atoms with Crippen LogP contribution >= 0.6 is 0 Å². The first-order valence-electron chi connectivity index (χ1n) is 6.60. The van der Waals surface area contributed by atoms with E-state index in [0.29, 0.717) is 5.56 Å². The van der Waals surface area contributed by atoms with Gasteiger partial charge in [0, 0.05) is 11.6 Å². The van der Waals surface area contributed by atoms with Gasteiger partial charge >= 0.3 is 5.97 Å². The van der Waals surface area contributed by atoms with E-state index in [0.717, 1.165) is 6.42 Å². The van der Waals surface area contributed by atoms with Crippen molar-refractivity contribution in [2.75, 3.05) is 7.11 Å². The van der Waals surface area contributed by atoms with E-state index in [1.165, 1.54) is 31.4 Å². The minimum atomic E-state index is -0.664. The molecule has 1 aromatic carbocycles. The molecule has 0 amide bonds. The highest BCUT2D eigenvalue weighted by atomic mass is 19.1. The highest BCUT2D eigenvalue weighted by molar-refractivity contribution is 6.01. The lowest BCUT2D eigenvalue weighted by Crippen LogP contribution is -2.43. The number of methoxy groups -OCH3 is 1. The van der Waals surface area contributed by atoms with E-state index in [1.807, 2.05) is 13.8 Å². The van der Waals surface area contributed by atoms with Crippen LogP contribution in [-0.4, -0.2) is 30.9 Å². The van der Waals surface area contributed by atoms with Gasteiger partial charge < -0.3 is 10.1 Å².